The molecule has 0 aliphatic carbocycles. The summed E-state index contributed by atoms with van der Waals surface area (Å²) in [5, 5.41) is 6.69. The van der Waals surface area contributed by atoms with Gasteiger partial charge >= 0.3 is 0 Å². The molecule has 0 bridgehead atoms. The van der Waals surface area contributed by atoms with E-state index in [1.165, 1.54) is 5.56 Å². The van der Waals surface area contributed by atoms with E-state index in [0.717, 1.165) is 49.0 Å². The number of hydrogen-bond donors (Lipinski definition) is 2. The highest BCUT2D eigenvalue weighted by Crippen LogP contribution is 2.28. The van der Waals surface area contributed by atoms with Crippen LogP contribution < -0.4 is 15.4 Å². The lowest BCUT2D eigenvalue weighted by Gasteiger charge is -2.13. The Hall–Kier alpha value is -2.29. The molecule has 148 valence electrons. The molecule has 28 heavy (non-hydrogen) atoms. The molecule has 1 unspecified atom stereocenters. The lowest BCUT2D eigenvalue weighted by atomic mass is 10.1. The van der Waals surface area contributed by atoms with Crippen molar-refractivity contribution in [1.82, 2.24) is 20.0 Å². The van der Waals surface area contributed by atoms with Crippen LogP contribution in [0.15, 0.2) is 59.9 Å². The number of ether oxygens (including phenoxy) is 1. The van der Waals surface area contributed by atoms with Gasteiger partial charge in [0.25, 0.3) is 0 Å². The average molecular weight is 491 g/mol. The summed E-state index contributed by atoms with van der Waals surface area (Å²) >= 11 is 0. The third-order valence-electron chi connectivity index (χ3n) is 4.60. The van der Waals surface area contributed by atoms with E-state index in [9.17, 15) is 0 Å². The smallest absolute Gasteiger partial charge is 0.191 e. The van der Waals surface area contributed by atoms with E-state index in [4.69, 9.17) is 9.73 Å². The Morgan fingerprint density at radius 3 is 2.89 bits per heavy atom. The molecule has 2 aromatic heterocycles. The summed E-state index contributed by atoms with van der Waals surface area (Å²) < 4.78 is 8.01. The van der Waals surface area contributed by atoms with Crippen LogP contribution in [-0.4, -0.2) is 41.1 Å². The fourth-order valence-corrected chi connectivity index (χ4v) is 3.31. The van der Waals surface area contributed by atoms with Gasteiger partial charge in [0.2, 0.25) is 0 Å². The molecule has 0 saturated heterocycles. The van der Waals surface area contributed by atoms with Gasteiger partial charge in [-0.1, -0.05) is 24.3 Å². The summed E-state index contributed by atoms with van der Waals surface area (Å²) in [6, 6.07) is 14.2. The van der Waals surface area contributed by atoms with Crippen molar-refractivity contribution in [3.8, 4) is 5.75 Å². The number of pyridine rings is 1. The van der Waals surface area contributed by atoms with E-state index in [1.54, 1.807) is 0 Å². The third-order valence-corrected chi connectivity index (χ3v) is 4.60. The van der Waals surface area contributed by atoms with E-state index in [0.29, 0.717) is 6.54 Å². The molecule has 0 spiro atoms. The number of aliphatic imine (C=N–C) groups is 1. The molecule has 7 heteroatoms. The molecular weight excluding hydrogens is 465 g/mol. The number of imidazole rings is 1. The van der Waals surface area contributed by atoms with Crippen LogP contribution in [0.2, 0.25) is 0 Å². The molecule has 2 N–H and O–H groups in total. The first-order chi connectivity index (χ1) is 13.3. The monoisotopic (exact) mass is 491 g/mol. The van der Waals surface area contributed by atoms with Gasteiger partial charge in [0, 0.05) is 38.3 Å². The summed E-state index contributed by atoms with van der Waals surface area (Å²) in [5.74, 6) is 1.81. The summed E-state index contributed by atoms with van der Waals surface area (Å²) in [6.45, 7) is 4.31. The van der Waals surface area contributed by atoms with Crippen LogP contribution in [-0.2, 0) is 12.8 Å². The fourth-order valence-electron chi connectivity index (χ4n) is 3.31. The number of fused-ring (bicyclic) bond motifs is 2. The van der Waals surface area contributed by atoms with E-state index >= 15 is 0 Å². The number of nitrogens with zero attached hydrogens (tertiary/aromatic N) is 3. The zero-order valence-corrected chi connectivity index (χ0v) is 18.3. The number of benzene rings is 1. The molecule has 3 aromatic rings. The number of aromatic nitrogens is 2. The number of nitrogens with one attached hydrogen (secondary N) is 2. The first-order valence-corrected chi connectivity index (χ1v) is 9.51. The second-order valence-corrected chi connectivity index (χ2v) is 6.65. The van der Waals surface area contributed by atoms with Gasteiger partial charge in [0.1, 0.15) is 17.5 Å². The Morgan fingerprint density at radius 2 is 2.07 bits per heavy atom. The van der Waals surface area contributed by atoms with Crippen molar-refractivity contribution in [3.63, 3.8) is 0 Å². The predicted molar refractivity (Wildman–Crippen MR) is 123 cm³/mol. The first-order valence-electron chi connectivity index (χ1n) is 9.51. The third kappa shape index (κ3) is 4.95. The van der Waals surface area contributed by atoms with Crippen molar-refractivity contribution in [2.75, 3.05) is 19.6 Å². The molecule has 0 fully saturated rings. The lowest BCUT2D eigenvalue weighted by Crippen LogP contribution is -2.39. The van der Waals surface area contributed by atoms with Gasteiger partial charge in [0.15, 0.2) is 5.96 Å². The number of guanidine groups is 1. The van der Waals surface area contributed by atoms with E-state index in [2.05, 4.69) is 40.9 Å². The van der Waals surface area contributed by atoms with Crippen molar-refractivity contribution >= 4 is 35.6 Å². The van der Waals surface area contributed by atoms with E-state index in [1.807, 2.05) is 40.9 Å². The van der Waals surface area contributed by atoms with Gasteiger partial charge < -0.3 is 19.8 Å². The minimum absolute atomic E-state index is 0. The highest BCUT2D eigenvalue weighted by atomic mass is 127. The Labute approximate surface area is 182 Å². The second kappa shape index (κ2) is 9.77. The molecule has 0 radical (unpaired) electrons. The molecule has 3 heterocycles. The van der Waals surface area contributed by atoms with Crippen LogP contribution in [0.25, 0.3) is 5.65 Å². The Kier molecular flexibility index (Phi) is 7.13. The van der Waals surface area contributed by atoms with Gasteiger partial charge in [0.05, 0.1) is 12.2 Å². The molecule has 6 nitrogen and oxygen atoms in total. The molecular formula is C21H26IN5O. The van der Waals surface area contributed by atoms with Crippen LogP contribution in [0, 0.1) is 0 Å². The Morgan fingerprint density at radius 1 is 1.21 bits per heavy atom. The molecule has 1 atom stereocenters. The maximum absolute atomic E-state index is 5.97. The zero-order valence-electron chi connectivity index (χ0n) is 16.0. The van der Waals surface area contributed by atoms with Crippen molar-refractivity contribution in [2.24, 2.45) is 4.99 Å². The maximum Gasteiger partial charge on any atom is 0.191 e. The molecule has 0 amide bonds. The second-order valence-electron chi connectivity index (χ2n) is 6.65. The van der Waals surface area contributed by atoms with Crippen LogP contribution in [0.4, 0.5) is 0 Å². The number of hydrogen-bond acceptors (Lipinski definition) is 3. The van der Waals surface area contributed by atoms with Crippen molar-refractivity contribution in [1.29, 1.82) is 0 Å². The quantitative estimate of drug-likeness (QED) is 0.316. The number of para-hydroxylation sites is 1. The predicted octanol–water partition coefficient (Wildman–Crippen LogP) is 3.05. The molecule has 1 aliphatic rings. The molecule has 1 aromatic carbocycles. The summed E-state index contributed by atoms with van der Waals surface area (Å²) in [7, 11) is 0. The minimum atomic E-state index is 0. The molecule has 4 rings (SSSR count). The molecule has 1 aliphatic heterocycles. The minimum Gasteiger partial charge on any atom is -0.488 e. The van der Waals surface area contributed by atoms with Crippen LogP contribution in [0.1, 0.15) is 18.2 Å². The van der Waals surface area contributed by atoms with Gasteiger partial charge in [-0.15, -0.1) is 24.0 Å². The lowest BCUT2D eigenvalue weighted by molar-refractivity contribution is 0.241. The van der Waals surface area contributed by atoms with Gasteiger partial charge in [-0.3, -0.25) is 0 Å². The number of rotatable bonds is 6. The van der Waals surface area contributed by atoms with E-state index in [-0.39, 0.29) is 30.1 Å². The van der Waals surface area contributed by atoms with E-state index < -0.39 is 0 Å². The van der Waals surface area contributed by atoms with Crippen LogP contribution in [0.3, 0.4) is 0 Å². The summed E-state index contributed by atoms with van der Waals surface area (Å²) in [5.41, 5.74) is 3.31. The van der Waals surface area contributed by atoms with Gasteiger partial charge in [-0.2, -0.15) is 0 Å². The normalized spacial score (nSPS) is 15.6. The van der Waals surface area contributed by atoms with Crippen LogP contribution in [0.5, 0.6) is 5.75 Å². The average Bonchev–Trinajstić information content (AvgIpc) is 3.29. The number of halogens is 1. The van der Waals surface area contributed by atoms with Crippen molar-refractivity contribution in [3.05, 3.63) is 66.1 Å². The first kappa shape index (κ1) is 20.4. The summed E-state index contributed by atoms with van der Waals surface area (Å²) in [6.07, 6.45) is 5.96. The van der Waals surface area contributed by atoms with Crippen LogP contribution >= 0.6 is 24.0 Å². The van der Waals surface area contributed by atoms with Crippen molar-refractivity contribution in [2.45, 2.75) is 25.9 Å². The standard InChI is InChI=1S/C21H25N5O.HI/c1-2-22-21(24-14-18-13-16-7-3-4-8-19(16)27-18)23-11-10-17-15-26-12-6-5-9-20(26)25-17;/h3-9,12,15,18H,2,10-11,13-14H2,1H3,(H2,22,23,24);1H. The summed E-state index contributed by atoms with van der Waals surface area (Å²) in [4.78, 5) is 9.33. The fraction of sp³-hybridized carbons (Fsp3) is 0.333. The highest BCUT2D eigenvalue weighted by molar-refractivity contribution is 14.0. The highest BCUT2D eigenvalue weighted by Gasteiger charge is 2.21. The molecule has 0 saturated carbocycles. The van der Waals surface area contributed by atoms with Crippen molar-refractivity contribution < 1.29 is 4.74 Å². The van der Waals surface area contributed by atoms with Gasteiger partial charge in [-0.25, -0.2) is 9.98 Å². The Bertz CT molecular complexity index is 881. The SMILES string of the molecule is CCNC(=NCC1Cc2ccccc2O1)NCCc1cn2ccccc2n1.I. The topological polar surface area (TPSA) is 63.0 Å². The Balaban J connectivity index is 0.00000225. The zero-order chi connectivity index (χ0) is 18.5. The van der Waals surface area contributed by atoms with Gasteiger partial charge in [-0.05, 0) is 30.7 Å². The largest absolute Gasteiger partial charge is 0.488 e. The maximum atomic E-state index is 5.97.